The largest absolute Gasteiger partial charge is 0.346 e. The van der Waals surface area contributed by atoms with E-state index in [9.17, 15) is 14.9 Å². The number of piperidine rings is 1. The minimum Gasteiger partial charge on any atom is -0.346 e. The monoisotopic (exact) mass is 341 g/mol. The Morgan fingerprint density at radius 3 is 2.85 bits per heavy atom. The maximum absolute atomic E-state index is 11.8. The van der Waals surface area contributed by atoms with Crippen molar-refractivity contribution in [1.29, 1.82) is 0 Å². The number of rotatable bonds is 3. The van der Waals surface area contributed by atoms with E-state index in [1.165, 1.54) is 6.20 Å². The van der Waals surface area contributed by atoms with E-state index in [1.54, 1.807) is 13.8 Å². The molecule has 0 radical (unpaired) electrons. The second-order valence-electron chi connectivity index (χ2n) is 4.98. The van der Waals surface area contributed by atoms with E-state index in [4.69, 9.17) is 0 Å². The molecule has 1 saturated heterocycles. The minimum absolute atomic E-state index is 0.0167. The molecule has 2 rings (SSSR count). The molecule has 1 aromatic heterocycles. The molecule has 1 aliphatic heterocycles. The van der Waals surface area contributed by atoms with Crippen LogP contribution in [0.4, 0.5) is 11.5 Å². The number of aromatic nitrogens is 1. The maximum atomic E-state index is 11.8. The van der Waals surface area contributed by atoms with Crippen molar-refractivity contribution in [3.05, 3.63) is 26.3 Å². The third-order valence-corrected chi connectivity index (χ3v) is 4.61. The topological polar surface area (TPSA) is 76.3 Å². The molecule has 1 aromatic rings. The summed E-state index contributed by atoms with van der Waals surface area (Å²) in [5, 5.41) is 10.9. The van der Waals surface area contributed by atoms with Crippen LogP contribution in [0.5, 0.6) is 0 Å². The predicted molar refractivity (Wildman–Crippen MR) is 79.0 cm³/mol. The van der Waals surface area contributed by atoms with Crippen molar-refractivity contribution in [1.82, 2.24) is 4.98 Å². The van der Waals surface area contributed by atoms with Crippen molar-refractivity contribution in [2.75, 3.05) is 11.4 Å². The van der Waals surface area contributed by atoms with Crippen LogP contribution in [0.2, 0.25) is 0 Å². The number of hydrogen-bond donors (Lipinski definition) is 0. The Bertz CT molecular complexity index is 562. The standard InChI is InChI=1S/C13H16BrN3O3/c1-8-11(17(19)20)7-15-13(12(8)14)16-6-4-3-5-10(16)9(2)18/h7,10H,3-6H2,1-2H3. The number of pyridine rings is 1. The molecule has 0 N–H and O–H groups in total. The fourth-order valence-corrected chi connectivity index (χ4v) is 3.08. The Labute approximate surface area is 125 Å². The average Bonchev–Trinajstić information content (AvgIpc) is 2.41. The highest BCUT2D eigenvalue weighted by molar-refractivity contribution is 9.10. The Morgan fingerprint density at radius 2 is 2.25 bits per heavy atom. The first-order valence-corrected chi connectivity index (χ1v) is 7.29. The number of anilines is 1. The number of ketones is 1. The zero-order chi connectivity index (χ0) is 14.9. The number of nitro groups is 1. The molecule has 0 aliphatic carbocycles. The summed E-state index contributed by atoms with van der Waals surface area (Å²) >= 11 is 3.39. The normalized spacial score (nSPS) is 18.9. The van der Waals surface area contributed by atoms with Gasteiger partial charge in [-0.25, -0.2) is 4.98 Å². The number of carbonyl (C=O) groups excluding carboxylic acids is 1. The summed E-state index contributed by atoms with van der Waals surface area (Å²) in [6.45, 7) is 4.00. The molecule has 0 saturated carbocycles. The Kier molecular flexibility index (Phi) is 4.37. The van der Waals surface area contributed by atoms with Gasteiger partial charge in [-0.3, -0.25) is 14.9 Å². The highest BCUT2D eigenvalue weighted by atomic mass is 79.9. The molecular weight excluding hydrogens is 326 g/mol. The highest BCUT2D eigenvalue weighted by Crippen LogP contribution is 2.35. The molecule has 0 aromatic carbocycles. The van der Waals surface area contributed by atoms with Crippen molar-refractivity contribution in [2.45, 2.75) is 39.2 Å². The van der Waals surface area contributed by atoms with Gasteiger partial charge in [0, 0.05) is 12.1 Å². The van der Waals surface area contributed by atoms with Crippen LogP contribution < -0.4 is 4.90 Å². The molecule has 7 heteroatoms. The fraction of sp³-hybridized carbons (Fsp3) is 0.538. The second kappa shape index (κ2) is 5.87. The molecule has 0 bridgehead atoms. The van der Waals surface area contributed by atoms with Gasteiger partial charge in [-0.1, -0.05) is 0 Å². The van der Waals surface area contributed by atoms with E-state index in [-0.39, 0.29) is 17.5 Å². The summed E-state index contributed by atoms with van der Waals surface area (Å²) in [5.41, 5.74) is 0.518. The van der Waals surface area contributed by atoms with Gasteiger partial charge >= 0.3 is 0 Å². The first-order valence-electron chi connectivity index (χ1n) is 6.50. The summed E-state index contributed by atoms with van der Waals surface area (Å²) in [5.74, 6) is 0.724. The summed E-state index contributed by atoms with van der Waals surface area (Å²) in [6, 6.07) is -0.187. The molecule has 1 atom stereocenters. The third-order valence-electron chi connectivity index (χ3n) is 3.66. The van der Waals surface area contributed by atoms with Gasteiger partial charge in [-0.05, 0) is 49.0 Å². The summed E-state index contributed by atoms with van der Waals surface area (Å²) in [6.07, 6.45) is 4.08. The predicted octanol–water partition coefficient (Wildman–Crippen LogP) is 3.01. The van der Waals surface area contributed by atoms with Gasteiger partial charge in [0.2, 0.25) is 0 Å². The lowest BCUT2D eigenvalue weighted by Gasteiger charge is -2.35. The van der Waals surface area contributed by atoms with Crippen LogP contribution in [-0.2, 0) is 4.79 Å². The van der Waals surface area contributed by atoms with Crippen LogP contribution in [0.15, 0.2) is 10.7 Å². The van der Waals surface area contributed by atoms with E-state index in [2.05, 4.69) is 20.9 Å². The van der Waals surface area contributed by atoms with Crippen LogP contribution in [0.1, 0.15) is 31.7 Å². The zero-order valence-corrected chi connectivity index (χ0v) is 13.0. The van der Waals surface area contributed by atoms with Crippen LogP contribution >= 0.6 is 15.9 Å². The van der Waals surface area contributed by atoms with Crippen molar-refractivity contribution in [3.8, 4) is 0 Å². The highest BCUT2D eigenvalue weighted by Gasteiger charge is 2.30. The number of Topliss-reactive ketones (excluding diaryl/α,β-unsaturated/α-hetero) is 1. The van der Waals surface area contributed by atoms with Crippen LogP contribution in [-0.4, -0.2) is 28.3 Å². The molecular formula is C13H16BrN3O3. The van der Waals surface area contributed by atoms with Crippen LogP contribution in [0, 0.1) is 17.0 Å². The summed E-state index contributed by atoms with van der Waals surface area (Å²) in [7, 11) is 0. The first kappa shape index (κ1) is 14.9. The first-order chi connectivity index (χ1) is 9.43. The van der Waals surface area contributed by atoms with E-state index < -0.39 is 4.92 Å². The lowest BCUT2D eigenvalue weighted by atomic mass is 9.99. The van der Waals surface area contributed by atoms with E-state index in [1.807, 2.05) is 4.90 Å². The Morgan fingerprint density at radius 1 is 1.55 bits per heavy atom. The number of nitrogens with zero attached hydrogens (tertiary/aromatic N) is 3. The van der Waals surface area contributed by atoms with E-state index >= 15 is 0 Å². The molecule has 1 fully saturated rings. The number of halogens is 1. The maximum Gasteiger partial charge on any atom is 0.291 e. The third kappa shape index (κ3) is 2.67. The minimum atomic E-state index is -0.449. The van der Waals surface area contributed by atoms with Crippen molar-refractivity contribution < 1.29 is 9.72 Å². The van der Waals surface area contributed by atoms with Gasteiger partial charge in [0.15, 0.2) is 5.78 Å². The molecule has 108 valence electrons. The molecule has 1 unspecified atom stereocenters. The van der Waals surface area contributed by atoms with Crippen LogP contribution in [0.25, 0.3) is 0 Å². The SMILES string of the molecule is CC(=O)C1CCCCN1c1ncc([N+](=O)[O-])c(C)c1Br. The van der Waals surface area contributed by atoms with Gasteiger partial charge in [0.1, 0.15) is 12.0 Å². The molecule has 2 heterocycles. The summed E-state index contributed by atoms with van der Waals surface area (Å²) < 4.78 is 0.597. The van der Waals surface area contributed by atoms with Crippen molar-refractivity contribution in [3.63, 3.8) is 0 Å². The molecule has 0 amide bonds. The van der Waals surface area contributed by atoms with E-state index in [0.29, 0.717) is 15.9 Å². The van der Waals surface area contributed by atoms with Gasteiger partial charge in [0.05, 0.1) is 15.4 Å². The molecule has 0 spiro atoms. The molecule has 1 aliphatic rings. The molecule has 20 heavy (non-hydrogen) atoms. The lowest BCUT2D eigenvalue weighted by molar-refractivity contribution is -0.385. The van der Waals surface area contributed by atoms with Gasteiger partial charge < -0.3 is 4.90 Å². The Hall–Kier alpha value is -1.50. The van der Waals surface area contributed by atoms with Crippen LogP contribution in [0.3, 0.4) is 0 Å². The molecule has 6 nitrogen and oxygen atoms in total. The smallest absolute Gasteiger partial charge is 0.291 e. The Balaban J connectivity index is 2.44. The second-order valence-corrected chi connectivity index (χ2v) is 5.77. The van der Waals surface area contributed by atoms with Gasteiger partial charge in [-0.2, -0.15) is 0 Å². The summed E-state index contributed by atoms with van der Waals surface area (Å²) in [4.78, 5) is 28.4. The van der Waals surface area contributed by atoms with Gasteiger partial charge in [0.25, 0.3) is 5.69 Å². The lowest BCUT2D eigenvalue weighted by Crippen LogP contribution is -2.44. The van der Waals surface area contributed by atoms with Gasteiger partial charge in [-0.15, -0.1) is 0 Å². The zero-order valence-electron chi connectivity index (χ0n) is 11.4. The average molecular weight is 342 g/mol. The van der Waals surface area contributed by atoms with E-state index in [0.717, 1.165) is 25.8 Å². The fourth-order valence-electron chi connectivity index (χ4n) is 2.55. The van der Waals surface area contributed by atoms with Crippen molar-refractivity contribution in [2.24, 2.45) is 0 Å². The number of carbonyl (C=O) groups is 1. The quantitative estimate of drug-likeness (QED) is 0.623. The van der Waals surface area contributed by atoms with Crippen molar-refractivity contribution >= 4 is 33.2 Å². The number of hydrogen-bond acceptors (Lipinski definition) is 5.